The van der Waals surface area contributed by atoms with E-state index < -0.39 is 10.8 Å². The van der Waals surface area contributed by atoms with Crippen molar-refractivity contribution in [3.63, 3.8) is 0 Å². The Hall–Kier alpha value is -4.10. The summed E-state index contributed by atoms with van der Waals surface area (Å²) in [7, 11) is -1.61. The number of fused-ring (bicyclic) bond motifs is 3. The summed E-state index contributed by atoms with van der Waals surface area (Å²) in [5, 5.41) is 0. The largest absolute Gasteiger partial charge is 0.334 e. The van der Waals surface area contributed by atoms with Gasteiger partial charge in [0.05, 0.1) is 38.4 Å². The zero-order valence-electron chi connectivity index (χ0n) is 19.9. The van der Waals surface area contributed by atoms with Gasteiger partial charge in [0.1, 0.15) is 5.82 Å². The average Bonchev–Trinajstić information content (AvgIpc) is 3.02. The van der Waals surface area contributed by atoms with Crippen LogP contribution in [-0.4, -0.2) is 27.5 Å². The molecule has 2 aliphatic rings. The summed E-state index contributed by atoms with van der Waals surface area (Å²) in [6.45, 7) is 1.26. The molecule has 7 heteroatoms. The average molecular weight is 511 g/mol. The summed E-state index contributed by atoms with van der Waals surface area (Å²) in [5.74, 6) is -0.823. The molecular formula is C30H23FN2O3S. The van der Waals surface area contributed by atoms with Crippen molar-refractivity contribution < 1.29 is 18.2 Å². The lowest BCUT2D eigenvalue weighted by molar-refractivity contribution is 0.0734. The molecule has 1 atom stereocenters. The molecule has 0 aliphatic carbocycles. The predicted molar refractivity (Wildman–Crippen MR) is 139 cm³/mol. The number of benzene rings is 4. The van der Waals surface area contributed by atoms with Crippen molar-refractivity contribution in [1.29, 1.82) is 0 Å². The van der Waals surface area contributed by atoms with Crippen molar-refractivity contribution in [2.24, 2.45) is 0 Å². The molecule has 0 radical (unpaired) electrons. The molecule has 0 spiro atoms. The Labute approximate surface area is 216 Å². The molecule has 37 heavy (non-hydrogen) atoms. The van der Waals surface area contributed by atoms with Crippen LogP contribution in [-0.2, 0) is 30.3 Å². The molecular weight excluding hydrogens is 487 g/mol. The third kappa shape index (κ3) is 4.25. The van der Waals surface area contributed by atoms with E-state index in [0.717, 1.165) is 17.5 Å². The minimum Gasteiger partial charge on any atom is -0.334 e. The van der Waals surface area contributed by atoms with Crippen LogP contribution in [0, 0.1) is 5.82 Å². The van der Waals surface area contributed by atoms with Crippen molar-refractivity contribution >= 4 is 28.3 Å². The highest BCUT2D eigenvalue weighted by Crippen LogP contribution is 2.36. The molecule has 1 unspecified atom stereocenters. The minimum atomic E-state index is -1.61. The van der Waals surface area contributed by atoms with E-state index in [0.29, 0.717) is 39.7 Å². The summed E-state index contributed by atoms with van der Waals surface area (Å²) in [5.41, 5.74) is 4.29. The van der Waals surface area contributed by atoms with Crippen molar-refractivity contribution in [2.75, 3.05) is 11.4 Å². The van der Waals surface area contributed by atoms with Crippen LogP contribution in [0.3, 0.4) is 0 Å². The molecule has 0 N–H and O–H groups in total. The Kier molecular flexibility index (Phi) is 5.93. The lowest BCUT2D eigenvalue weighted by atomic mass is 9.99. The number of carbonyl (C=O) groups excluding carboxylic acids is 2. The minimum absolute atomic E-state index is 0.140. The Morgan fingerprint density at radius 2 is 1.59 bits per heavy atom. The van der Waals surface area contributed by atoms with Gasteiger partial charge in [0.25, 0.3) is 11.8 Å². The first-order valence-corrected chi connectivity index (χ1v) is 13.2. The van der Waals surface area contributed by atoms with E-state index in [-0.39, 0.29) is 24.2 Å². The van der Waals surface area contributed by atoms with E-state index in [1.54, 1.807) is 59.5 Å². The fourth-order valence-electron chi connectivity index (χ4n) is 4.98. The Morgan fingerprint density at radius 3 is 2.41 bits per heavy atom. The van der Waals surface area contributed by atoms with Gasteiger partial charge in [-0.05, 0) is 65.6 Å². The second-order valence-electron chi connectivity index (χ2n) is 9.21. The topological polar surface area (TPSA) is 57.7 Å². The fraction of sp³-hybridized carbons (Fsp3) is 0.133. The number of hydrogen-bond donors (Lipinski definition) is 0. The van der Waals surface area contributed by atoms with Crippen LogP contribution >= 0.6 is 0 Å². The molecule has 184 valence electrons. The van der Waals surface area contributed by atoms with E-state index in [9.17, 15) is 18.2 Å². The first-order valence-electron chi connectivity index (χ1n) is 12.1. The number of carbonyl (C=O) groups is 2. The van der Waals surface area contributed by atoms with Crippen LogP contribution in [0.25, 0.3) is 0 Å². The summed E-state index contributed by atoms with van der Waals surface area (Å²) in [4.78, 5) is 31.6. The zero-order chi connectivity index (χ0) is 25.5. The van der Waals surface area contributed by atoms with E-state index in [2.05, 4.69) is 6.07 Å². The molecule has 2 aliphatic heterocycles. The van der Waals surface area contributed by atoms with Gasteiger partial charge < -0.3 is 9.80 Å². The van der Waals surface area contributed by atoms with E-state index in [1.807, 2.05) is 18.2 Å². The summed E-state index contributed by atoms with van der Waals surface area (Å²) >= 11 is 0. The Morgan fingerprint density at radius 1 is 0.865 bits per heavy atom. The molecule has 5 nitrogen and oxygen atoms in total. The number of rotatable bonds is 3. The third-order valence-corrected chi connectivity index (χ3v) is 8.43. The lowest BCUT2D eigenvalue weighted by Gasteiger charge is -2.29. The Balaban J connectivity index is 1.41. The van der Waals surface area contributed by atoms with Gasteiger partial charge in [0.15, 0.2) is 0 Å². The quantitative estimate of drug-likeness (QED) is 0.373. The first-order chi connectivity index (χ1) is 18.0. The second-order valence-corrected chi connectivity index (χ2v) is 10.6. The van der Waals surface area contributed by atoms with Gasteiger partial charge in [0, 0.05) is 18.7 Å². The van der Waals surface area contributed by atoms with Crippen molar-refractivity contribution in [3.8, 4) is 0 Å². The third-order valence-electron chi connectivity index (χ3n) is 6.93. The molecule has 0 saturated heterocycles. The van der Waals surface area contributed by atoms with Crippen LogP contribution in [0.15, 0.2) is 101 Å². The Bertz CT molecular complexity index is 1570. The number of anilines is 1. The highest BCUT2D eigenvalue weighted by molar-refractivity contribution is 7.85. The standard InChI is InChI=1S/C30H23FN2O3S/c31-24-12-9-20(10-13-24)18-33-26-17-22(29(34)32-16-15-21-5-1-2-6-23(21)19-32)11-14-28(26)37(36)27-8-4-3-7-25(27)30(33)35/h1-14,17H,15-16,18-19H2. The number of nitrogens with zero attached hydrogens (tertiary/aromatic N) is 2. The van der Waals surface area contributed by atoms with Gasteiger partial charge in [-0.25, -0.2) is 8.60 Å². The lowest BCUT2D eigenvalue weighted by Crippen LogP contribution is -2.36. The van der Waals surface area contributed by atoms with Crippen molar-refractivity contribution in [2.45, 2.75) is 29.3 Å². The maximum absolute atomic E-state index is 13.8. The highest BCUT2D eigenvalue weighted by Gasteiger charge is 2.32. The van der Waals surface area contributed by atoms with Crippen molar-refractivity contribution in [3.05, 3.63) is 125 Å². The normalized spacial score (nSPS) is 16.5. The molecule has 6 rings (SSSR count). The van der Waals surface area contributed by atoms with E-state index in [1.165, 1.54) is 22.6 Å². The maximum Gasteiger partial charge on any atom is 0.259 e. The van der Waals surface area contributed by atoms with Gasteiger partial charge in [0.2, 0.25) is 0 Å². The number of halogens is 1. The number of amides is 2. The van der Waals surface area contributed by atoms with Gasteiger partial charge in [-0.1, -0.05) is 48.5 Å². The molecule has 4 aromatic carbocycles. The van der Waals surface area contributed by atoms with E-state index >= 15 is 0 Å². The summed E-state index contributed by atoms with van der Waals surface area (Å²) in [6.07, 6.45) is 0.779. The molecule has 0 bridgehead atoms. The van der Waals surface area contributed by atoms with Crippen LogP contribution < -0.4 is 4.90 Å². The first kappa shape index (κ1) is 23.3. The predicted octanol–water partition coefficient (Wildman–Crippen LogP) is 5.35. The number of hydrogen-bond acceptors (Lipinski definition) is 3. The molecule has 0 fully saturated rings. The molecule has 4 aromatic rings. The van der Waals surface area contributed by atoms with Crippen LogP contribution in [0.5, 0.6) is 0 Å². The zero-order valence-corrected chi connectivity index (χ0v) is 20.7. The smallest absolute Gasteiger partial charge is 0.259 e. The van der Waals surface area contributed by atoms with Crippen LogP contribution in [0.2, 0.25) is 0 Å². The molecule has 0 saturated carbocycles. The van der Waals surface area contributed by atoms with Gasteiger partial charge in [-0.3, -0.25) is 9.59 Å². The molecule has 2 amide bonds. The molecule has 0 aromatic heterocycles. The maximum atomic E-state index is 13.8. The monoisotopic (exact) mass is 510 g/mol. The van der Waals surface area contributed by atoms with Gasteiger partial charge in [-0.15, -0.1) is 0 Å². The fourth-order valence-corrected chi connectivity index (χ4v) is 6.32. The molecule has 2 heterocycles. The van der Waals surface area contributed by atoms with Crippen molar-refractivity contribution in [1.82, 2.24) is 4.90 Å². The summed E-state index contributed by atoms with van der Waals surface area (Å²) < 4.78 is 27.2. The second kappa shape index (κ2) is 9.41. The van der Waals surface area contributed by atoms with E-state index in [4.69, 9.17) is 0 Å². The van der Waals surface area contributed by atoms with Gasteiger partial charge in [-0.2, -0.15) is 0 Å². The van der Waals surface area contributed by atoms with Crippen LogP contribution in [0.4, 0.5) is 10.1 Å². The van der Waals surface area contributed by atoms with Crippen LogP contribution in [0.1, 0.15) is 37.4 Å². The van der Waals surface area contributed by atoms with Gasteiger partial charge >= 0.3 is 0 Å². The highest BCUT2D eigenvalue weighted by atomic mass is 32.2. The summed E-state index contributed by atoms with van der Waals surface area (Å²) in [6, 6.07) is 25.9. The SMILES string of the molecule is O=C(c1ccc2c(c1)N(Cc1ccc(F)cc1)C(=O)c1ccccc1S2=O)N1CCc2ccccc2C1.